The molecule has 2 heterocycles. The maximum atomic E-state index is 12.7. The van der Waals surface area contributed by atoms with E-state index in [1.165, 1.54) is 0 Å². The van der Waals surface area contributed by atoms with Crippen LogP contribution >= 0.6 is 8.46 Å². The van der Waals surface area contributed by atoms with Gasteiger partial charge in [0.25, 0.3) is 0 Å². The first kappa shape index (κ1) is 31.9. The van der Waals surface area contributed by atoms with E-state index in [9.17, 15) is 14.5 Å². The molecule has 10 heteroatoms. The van der Waals surface area contributed by atoms with Crippen LogP contribution in [0.15, 0.2) is 23.5 Å². The summed E-state index contributed by atoms with van der Waals surface area (Å²) in [5, 5.41) is 9.25. The van der Waals surface area contributed by atoms with Gasteiger partial charge in [-0.25, -0.2) is 4.79 Å². The number of rotatable bonds is 12. The average Bonchev–Trinajstić information content (AvgIpc) is 2.82. The summed E-state index contributed by atoms with van der Waals surface area (Å²) in [6, 6.07) is -0.00937. The molecule has 8 atom stereocenters. The molecule has 2 aliphatic rings. The van der Waals surface area contributed by atoms with Gasteiger partial charge in [0.1, 0.15) is 11.4 Å². The first-order valence-electron chi connectivity index (χ1n) is 12.9. The van der Waals surface area contributed by atoms with Crippen molar-refractivity contribution in [3.8, 4) is 0 Å². The van der Waals surface area contributed by atoms with Crippen molar-refractivity contribution < 1.29 is 38.2 Å². The second-order valence-corrected chi connectivity index (χ2v) is 12.0. The van der Waals surface area contributed by atoms with Gasteiger partial charge < -0.3 is 33.7 Å². The Balaban J connectivity index is 2.56. The van der Waals surface area contributed by atoms with Gasteiger partial charge in [0.15, 0.2) is 14.8 Å². The number of aliphatic hydroxyl groups is 1. The number of ether oxygens (including phenoxy) is 5. The Morgan fingerprint density at radius 3 is 2.49 bits per heavy atom. The predicted molar refractivity (Wildman–Crippen MR) is 141 cm³/mol. The van der Waals surface area contributed by atoms with Crippen molar-refractivity contribution in [3.63, 3.8) is 0 Å². The molecule has 0 aliphatic carbocycles. The van der Waals surface area contributed by atoms with Gasteiger partial charge in [-0.1, -0.05) is 26.0 Å². The largest absolute Gasteiger partial charge is 0.456 e. The number of cyclic esters (lactones) is 1. The highest BCUT2D eigenvalue weighted by molar-refractivity contribution is 7.24. The molecule has 0 aromatic carbocycles. The molecule has 0 saturated carbocycles. The lowest BCUT2D eigenvalue weighted by atomic mass is 9.80. The molecule has 1 saturated heterocycles. The van der Waals surface area contributed by atoms with Crippen LogP contribution in [0.5, 0.6) is 0 Å². The van der Waals surface area contributed by atoms with Crippen LogP contribution in [0, 0.1) is 11.8 Å². The molecule has 212 valence electrons. The Morgan fingerprint density at radius 1 is 1.30 bits per heavy atom. The minimum atomic E-state index is -1.13. The van der Waals surface area contributed by atoms with E-state index in [0.29, 0.717) is 17.8 Å². The number of esters is 1. The Hall–Kier alpha value is -1.35. The molecule has 1 fully saturated rings. The van der Waals surface area contributed by atoms with Crippen molar-refractivity contribution >= 4 is 14.4 Å². The van der Waals surface area contributed by atoms with E-state index in [2.05, 4.69) is 4.90 Å². The van der Waals surface area contributed by atoms with Crippen LogP contribution in [-0.2, 0) is 33.0 Å². The van der Waals surface area contributed by atoms with Crippen molar-refractivity contribution in [2.24, 2.45) is 11.8 Å². The quantitative estimate of drug-likeness (QED) is 0.219. The summed E-state index contributed by atoms with van der Waals surface area (Å²) in [4.78, 5) is 14.7. The van der Waals surface area contributed by atoms with Gasteiger partial charge in [0.2, 0.25) is 5.79 Å². The highest BCUT2D eigenvalue weighted by atomic mass is 31.1. The molecule has 0 spiro atoms. The van der Waals surface area contributed by atoms with Crippen molar-refractivity contribution in [1.82, 2.24) is 4.90 Å². The average molecular weight is 544 g/mol. The fourth-order valence-corrected chi connectivity index (χ4v) is 6.13. The molecule has 9 nitrogen and oxygen atoms in total. The van der Waals surface area contributed by atoms with E-state index in [0.717, 1.165) is 6.42 Å². The Morgan fingerprint density at radius 2 is 1.95 bits per heavy atom. The van der Waals surface area contributed by atoms with E-state index < -0.39 is 41.3 Å². The second kappa shape index (κ2) is 13.1. The summed E-state index contributed by atoms with van der Waals surface area (Å²) in [5.41, 5.74) is -0.907. The summed E-state index contributed by atoms with van der Waals surface area (Å²) < 4.78 is 43.1. The van der Waals surface area contributed by atoms with Crippen LogP contribution < -0.4 is 0 Å². The van der Waals surface area contributed by atoms with Crippen LogP contribution in [0.2, 0.25) is 0 Å². The van der Waals surface area contributed by atoms with Gasteiger partial charge in [-0.05, 0) is 53.6 Å². The summed E-state index contributed by atoms with van der Waals surface area (Å²) in [6.45, 7) is 12.9. The van der Waals surface area contributed by atoms with Gasteiger partial charge >= 0.3 is 5.97 Å². The first-order chi connectivity index (χ1) is 17.2. The van der Waals surface area contributed by atoms with Gasteiger partial charge in [-0.2, -0.15) is 0 Å². The molecule has 2 unspecified atom stereocenters. The third-order valence-electron chi connectivity index (χ3n) is 7.28. The summed E-state index contributed by atoms with van der Waals surface area (Å²) in [6.07, 6.45) is 3.39. The number of hydrogen-bond donors (Lipinski definition) is 1. The minimum Gasteiger partial charge on any atom is -0.456 e. The van der Waals surface area contributed by atoms with E-state index in [1.54, 1.807) is 34.0 Å². The van der Waals surface area contributed by atoms with Crippen LogP contribution in [0.3, 0.4) is 0 Å². The zero-order valence-electron chi connectivity index (χ0n) is 24.0. The highest BCUT2D eigenvalue weighted by Crippen LogP contribution is 2.42. The summed E-state index contributed by atoms with van der Waals surface area (Å²) in [7, 11) is 5.48. The number of carbonyl (C=O) groups excluding carboxylic acids is 1. The summed E-state index contributed by atoms with van der Waals surface area (Å²) in [5.74, 6) is -1.49. The Bertz CT molecular complexity index is 859. The maximum Gasteiger partial charge on any atom is 0.340 e. The zero-order chi connectivity index (χ0) is 28.1. The number of nitrogens with zero attached hydrogens (tertiary/aromatic N) is 1. The van der Waals surface area contributed by atoms with Crippen molar-refractivity contribution in [1.29, 1.82) is 0 Å². The maximum absolute atomic E-state index is 12.7. The van der Waals surface area contributed by atoms with Crippen LogP contribution in [-0.4, -0.2) is 85.4 Å². The fourth-order valence-electron chi connectivity index (χ4n) is 5.36. The number of methoxy groups -OCH3 is 1. The molecule has 0 bridgehead atoms. The number of aliphatic hydroxyl groups excluding tert-OH is 1. The number of hydrogen-bond acceptors (Lipinski definition) is 9. The minimum absolute atomic E-state index is 0.00937. The molecule has 0 aromatic heterocycles. The third-order valence-corrected chi connectivity index (χ3v) is 8.11. The molecule has 0 aromatic rings. The lowest BCUT2D eigenvalue weighted by Gasteiger charge is -2.47. The van der Waals surface area contributed by atoms with Crippen LogP contribution in [0.25, 0.3) is 0 Å². The SMILES string of the molecule is CO[C@](C)(C[C@@H](C)/C=C/CO)[C@H](O[C@@H]1OC(C)CC(N(C)C)[C@H]1P=O)[C@@H](C)C1=C(C)C(=O)OC(C)(C)O1. The molecular formula is C27H46NO8P. The van der Waals surface area contributed by atoms with E-state index in [-0.39, 0.29) is 33.1 Å². The van der Waals surface area contributed by atoms with Gasteiger partial charge in [0.05, 0.1) is 30.0 Å². The molecule has 2 rings (SSSR count). The highest BCUT2D eigenvalue weighted by Gasteiger charge is 2.49. The van der Waals surface area contributed by atoms with E-state index in [1.807, 2.05) is 47.9 Å². The molecule has 2 aliphatic heterocycles. The van der Waals surface area contributed by atoms with E-state index in [4.69, 9.17) is 23.7 Å². The molecule has 0 amide bonds. The predicted octanol–water partition coefficient (Wildman–Crippen LogP) is 4.30. The van der Waals surface area contributed by atoms with Crippen LogP contribution in [0.4, 0.5) is 0 Å². The van der Waals surface area contributed by atoms with Gasteiger partial charge in [-0.15, -0.1) is 0 Å². The number of carbonyl (C=O) groups is 1. The monoisotopic (exact) mass is 543 g/mol. The topological polar surface area (TPSA) is 104 Å². The van der Waals surface area contributed by atoms with Crippen molar-refractivity contribution in [2.75, 3.05) is 27.8 Å². The second-order valence-electron chi connectivity index (χ2n) is 11.2. The summed E-state index contributed by atoms with van der Waals surface area (Å²) >= 11 is 0. The zero-order valence-corrected chi connectivity index (χ0v) is 24.9. The Labute approximate surface area is 223 Å². The van der Waals surface area contributed by atoms with Gasteiger partial charge in [0, 0.05) is 32.9 Å². The van der Waals surface area contributed by atoms with Crippen molar-refractivity contribution in [3.05, 3.63) is 23.5 Å². The number of allylic oxidation sites excluding steroid dienone is 1. The van der Waals surface area contributed by atoms with Crippen molar-refractivity contribution in [2.45, 2.75) is 103 Å². The molecule has 0 radical (unpaired) electrons. The molecule has 37 heavy (non-hydrogen) atoms. The fraction of sp³-hybridized carbons (Fsp3) is 0.815. The standard InChI is InChI=1S/C27H46NO8P/c1-16(12-11-13-29)15-27(7,32-10)23(18(3)21-19(4)24(30)36-26(5,6)35-21)34-25-22(37-31)20(28(8)9)14-17(2)33-25/h11-12,16-18,20,22-23,25,29H,13-15H2,1-10H3/b12-11+/t16-,17?,18-,20?,22+,23+,25-,27+/m0/s1. The third kappa shape index (κ3) is 7.84. The lowest BCUT2D eigenvalue weighted by Crippen LogP contribution is -2.57. The smallest absolute Gasteiger partial charge is 0.340 e. The van der Waals surface area contributed by atoms with Gasteiger partial charge in [-0.3, -0.25) is 4.57 Å². The molecule has 1 N–H and O–H groups in total. The van der Waals surface area contributed by atoms with Crippen LogP contribution in [0.1, 0.15) is 61.3 Å². The van der Waals surface area contributed by atoms with E-state index >= 15 is 0 Å². The first-order valence-corrected chi connectivity index (χ1v) is 13.8. The lowest BCUT2D eigenvalue weighted by molar-refractivity contribution is -0.265. The normalized spacial score (nSPS) is 30.6. The Kier molecular flexibility index (Phi) is 11.3. The molecular weight excluding hydrogens is 497 g/mol.